The molecule has 2 N–H and O–H groups in total. The summed E-state index contributed by atoms with van der Waals surface area (Å²) in [6.07, 6.45) is 3.14. The third-order valence-corrected chi connectivity index (χ3v) is 3.67. The molecule has 0 aromatic rings. The van der Waals surface area contributed by atoms with Gasteiger partial charge in [0.2, 0.25) is 5.91 Å². The second-order valence-electron chi connectivity index (χ2n) is 3.86. The molecule has 14 heavy (non-hydrogen) atoms. The Labute approximate surface area is 90.4 Å². The molecule has 0 aliphatic carbocycles. The third-order valence-electron chi connectivity index (χ3n) is 2.45. The molecule has 82 valence electrons. The highest BCUT2D eigenvalue weighted by Crippen LogP contribution is 2.17. The van der Waals surface area contributed by atoms with Crippen molar-refractivity contribution in [1.82, 2.24) is 10.6 Å². The molecule has 0 aromatic carbocycles. The summed E-state index contributed by atoms with van der Waals surface area (Å²) in [4.78, 5) is 11.1. The second-order valence-corrected chi connectivity index (χ2v) is 5.01. The highest BCUT2D eigenvalue weighted by molar-refractivity contribution is 7.99. The average Bonchev–Trinajstić information content (AvgIpc) is 2.19. The summed E-state index contributed by atoms with van der Waals surface area (Å²) in [5.74, 6) is 2.61. The first-order valence-electron chi connectivity index (χ1n) is 5.26. The smallest absolute Gasteiger partial charge is 0.221 e. The first-order chi connectivity index (χ1) is 6.72. The number of thioether (sulfide) groups is 1. The maximum absolute atomic E-state index is 11.1. The molecule has 4 heteroatoms. The van der Waals surface area contributed by atoms with Gasteiger partial charge in [-0.15, -0.1) is 0 Å². The fraction of sp³-hybridized carbons (Fsp3) is 0.900. The van der Waals surface area contributed by atoms with E-state index >= 15 is 0 Å². The summed E-state index contributed by atoms with van der Waals surface area (Å²) in [5, 5.41) is 6.15. The Morgan fingerprint density at radius 2 is 2.43 bits per heavy atom. The summed E-state index contributed by atoms with van der Waals surface area (Å²) >= 11 is 2.01. The topological polar surface area (TPSA) is 41.1 Å². The molecule has 1 rings (SSSR count). The summed E-state index contributed by atoms with van der Waals surface area (Å²) in [6.45, 7) is 2.08. The zero-order valence-electron chi connectivity index (χ0n) is 9.01. The summed E-state index contributed by atoms with van der Waals surface area (Å²) < 4.78 is 0. The van der Waals surface area contributed by atoms with Crippen LogP contribution in [0.5, 0.6) is 0 Å². The molecule has 0 saturated carbocycles. The van der Waals surface area contributed by atoms with E-state index in [2.05, 4.69) is 17.6 Å². The number of amides is 1. The van der Waals surface area contributed by atoms with Crippen LogP contribution in [0.1, 0.15) is 26.2 Å². The van der Waals surface area contributed by atoms with Gasteiger partial charge in [0.15, 0.2) is 0 Å². The SMILES string of the molecule is CNC(=O)CC(C)NC1CCCSC1. The Balaban J connectivity index is 2.18. The minimum Gasteiger partial charge on any atom is -0.359 e. The number of hydrogen-bond donors (Lipinski definition) is 2. The molecule has 1 heterocycles. The van der Waals surface area contributed by atoms with E-state index in [4.69, 9.17) is 0 Å². The van der Waals surface area contributed by atoms with Gasteiger partial charge in [-0.25, -0.2) is 0 Å². The summed E-state index contributed by atoms with van der Waals surface area (Å²) in [5.41, 5.74) is 0. The van der Waals surface area contributed by atoms with Crippen molar-refractivity contribution in [3.8, 4) is 0 Å². The monoisotopic (exact) mass is 216 g/mol. The highest BCUT2D eigenvalue weighted by Gasteiger charge is 2.16. The highest BCUT2D eigenvalue weighted by atomic mass is 32.2. The van der Waals surface area contributed by atoms with Crippen molar-refractivity contribution >= 4 is 17.7 Å². The van der Waals surface area contributed by atoms with Crippen LogP contribution in [0, 0.1) is 0 Å². The average molecular weight is 216 g/mol. The normalized spacial score (nSPS) is 24.3. The molecule has 1 amide bonds. The van der Waals surface area contributed by atoms with Gasteiger partial charge in [0.25, 0.3) is 0 Å². The van der Waals surface area contributed by atoms with Crippen LogP contribution >= 0.6 is 11.8 Å². The molecular formula is C10H20N2OS. The Bertz CT molecular complexity index is 181. The predicted molar refractivity (Wildman–Crippen MR) is 61.6 cm³/mol. The van der Waals surface area contributed by atoms with E-state index in [1.165, 1.54) is 24.3 Å². The van der Waals surface area contributed by atoms with Crippen molar-refractivity contribution in [2.45, 2.75) is 38.3 Å². The molecule has 2 unspecified atom stereocenters. The van der Waals surface area contributed by atoms with Gasteiger partial charge in [-0.05, 0) is 25.5 Å². The molecule has 0 radical (unpaired) electrons. The molecule has 3 nitrogen and oxygen atoms in total. The van der Waals surface area contributed by atoms with Crippen LogP contribution in [-0.2, 0) is 4.79 Å². The predicted octanol–water partition coefficient (Wildman–Crippen LogP) is 0.996. The number of nitrogens with one attached hydrogen (secondary N) is 2. The molecule has 1 aliphatic rings. The zero-order valence-corrected chi connectivity index (χ0v) is 9.82. The number of hydrogen-bond acceptors (Lipinski definition) is 3. The maximum atomic E-state index is 11.1. The fourth-order valence-corrected chi connectivity index (χ4v) is 2.80. The van der Waals surface area contributed by atoms with Gasteiger partial charge in [0.05, 0.1) is 0 Å². The van der Waals surface area contributed by atoms with Crippen LogP contribution in [0.25, 0.3) is 0 Å². The lowest BCUT2D eigenvalue weighted by Crippen LogP contribution is -2.41. The van der Waals surface area contributed by atoms with Crippen LogP contribution < -0.4 is 10.6 Å². The zero-order chi connectivity index (χ0) is 10.4. The first-order valence-corrected chi connectivity index (χ1v) is 6.42. The Morgan fingerprint density at radius 3 is 3.00 bits per heavy atom. The van der Waals surface area contributed by atoms with Gasteiger partial charge < -0.3 is 10.6 Å². The van der Waals surface area contributed by atoms with Gasteiger partial charge in [0.1, 0.15) is 0 Å². The van der Waals surface area contributed by atoms with Crippen molar-refractivity contribution in [3.05, 3.63) is 0 Å². The standard InChI is InChI=1S/C10H20N2OS/c1-8(6-10(13)11-2)12-9-4-3-5-14-7-9/h8-9,12H,3-7H2,1-2H3,(H,11,13). The molecule has 0 spiro atoms. The molecule has 0 bridgehead atoms. The van der Waals surface area contributed by atoms with Crippen LogP contribution in [-0.4, -0.2) is 36.5 Å². The van der Waals surface area contributed by atoms with E-state index in [1.807, 2.05) is 11.8 Å². The van der Waals surface area contributed by atoms with E-state index in [-0.39, 0.29) is 5.91 Å². The van der Waals surface area contributed by atoms with Gasteiger partial charge in [-0.2, -0.15) is 11.8 Å². The minimum absolute atomic E-state index is 0.119. The van der Waals surface area contributed by atoms with Gasteiger partial charge >= 0.3 is 0 Å². The number of carbonyl (C=O) groups is 1. The van der Waals surface area contributed by atoms with Crippen molar-refractivity contribution in [3.63, 3.8) is 0 Å². The van der Waals surface area contributed by atoms with Crippen molar-refractivity contribution in [1.29, 1.82) is 0 Å². The van der Waals surface area contributed by atoms with Crippen molar-refractivity contribution < 1.29 is 4.79 Å². The molecular weight excluding hydrogens is 196 g/mol. The summed E-state index contributed by atoms with van der Waals surface area (Å²) in [6, 6.07) is 0.895. The van der Waals surface area contributed by atoms with E-state index < -0.39 is 0 Å². The molecule has 1 aliphatic heterocycles. The Kier molecular flexibility index (Phi) is 5.33. The first kappa shape index (κ1) is 11.9. The lowest BCUT2D eigenvalue weighted by molar-refractivity contribution is -0.121. The van der Waals surface area contributed by atoms with Gasteiger partial charge in [-0.1, -0.05) is 0 Å². The Morgan fingerprint density at radius 1 is 1.64 bits per heavy atom. The lowest BCUT2D eigenvalue weighted by atomic mass is 10.1. The largest absolute Gasteiger partial charge is 0.359 e. The van der Waals surface area contributed by atoms with Crippen LogP contribution in [0.2, 0.25) is 0 Å². The number of carbonyl (C=O) groups excluding carboxylic acids is 1. The molecule has 2 atom stereocenters. The fourth-order valence-electron chi connectivity index (χ4n) is 1.71. The van der Waals surface area contributed by atoms with E-state index in [0.717, 1.165) is 0 Å². The van der Waals surface area contributed by atoms with Crippen molar-refractivity contribution in [2.75, 3.05) is 18.6 Å². The van der Waals surface area contributed by atoms with E-state index in [0.29, 0.717) is 18.5 Å². The Hall–Kier alpha value is -0.220. The van der Waals surface area contributed by atoms with Gasteiger partial charge in [0, 0.05) is 31.3 Å². The minimum atomic E-state index is 0.119. The van der Waals surface area contributed by atoms with Crippen LogP contribution in [0.4, 0.5) is 0 Å². The van der Waals surface area contributed by atoms with Crippen LogP contribution in [0.3, 0.4) is 0 Å². The van der Waals surface area contributed by atoms with E-state index in [9.17, 15) is 4.79 Å². The quantitative estimate of drug-likeness (QED) is 0.736. The maximum Gasteiger partial charge on any atom is 0.221 e. The van der Waals surface area contributed by atoms with Crippen LogP contribution in [0.15, 0.2) is 0 Å². The van der Waals surface area contributed by atoms with Crippen molar-refractivity contribution in [2.24, 2.45) is 0 Å². The molecule has 1 fully saturated rings. The summed E-state index contributed by atoms with van der Waals surface area (Å²) in [7, 11) is 1.69. The molecule has 1 saturated heterocycles. The third kappa shape index (κ3) is 4.33. The lowest BCUT2D eigenvalue weighted by Gasteiger charge is -2.25. The van der Waals surface area contributed by atoms with Gasteiger partial charge in [-0.3, -0.25) is 4.79 Å². The molecule has 0 aromatic heterocycles. The number of rotatable bonds is 4. The second kappa shape index (κ2) is 6.30. The van der Waals surface area contributed by atoms with E-state index in [1.54, 1.807) is 7.05 Å².